The molecule has 0 N–H and O–H groups in total. The molecule has 0 radical (unpaired) electrons. The number of fused-ring (bicyclic) bond motifs is 1. The van der Waals surface area contributed by atoms with E-state index in [0.29, 0.717) is 30.0 Å². The van der Waals surface area contributed by atoms with Crippen LogP contribution in [0.15, 0.2) is 52.4 Å². The van der Waals surface area contributed by atoms with Crippen molar-refractivity contribution < 1.29 is 17.9 Å². The van der Waals surface area contributed by atoms with Crippen LogP contribution in [0, 0.1) is 6.92 Å². The summed E-state index contributed by atoms with van der Waals surface area (Å²) in [5.74, 6) is -0.395. The van der Waals surface area contributed by atoms with Gasteiger partial charge >= 0.3 is 0 Å². The average molecular weight is 474 g/mol. The molecule has 4 rings (SSSR count). The van der Waals surface area contributed by atoms with Crippen LogP contribution in [0.5, 0.6) is 0 Å². The van der Waals surface area contributed by atoms with Crippen molar-refractivity contribution in [1.82, 2.24) is 8.87 Å². The smallest absolute Gasteiger partial charge is 0.279 e. The number of morpholine rings is 1. The van der Waals surface area contributed by atoms with Crippen LogP contribution in [0.4, 0.5) is 0 Å². The predicted molar refractivity (Wildman–Crippen MR) is 125 cm³/mol. The summed E-state index contributed by atoms with van der Waals surface area (Å²) in [6, 6.07) is 12.2. The highest BCUT2D eigenvalue weighted by atomic mass is 32.2. The third kappa shape index (κ3) is 4.43. The first kappa shape index (κ1) is 22.8. The second-order valence-corrected chi connectivity index (χ2v) is 11.1. The Bertz CT molecular complexity index is 1310. The van der Waals surface area contributed by atoms with E-state index >= 15 is 0 Å². The molecule has 0 spiro atoms. The molecule has 170 valence electrons. The topological polar surface area (TPSA) is 81.0 Å². The number of benzene rings is 2. The zero-order valence-corrected chi connectivity index (χ0v) is 20.2. The lowest BCUT2D eigenvalue weighted by Crippen LogP contribution is -2.48. The molecule has 7 nitrogen and oxygen atoms in total. The molecule has 3 aromatic rings. The normalized spacial score (nSPS) is 20.7. The molecule has 2 atom stereocenters. The van der Waals surface area contributed by atoms with Gasteiger partial charge in [0, 0.05) is 25.2 Å². The van der Waals surface area contributed by atoms with Gasteiger partial charge in [0.05, 0.1) is 27.3 Å². The van der Waals surface area contributed by atoms with E-state index in [2.05, 4.69) is 11.1 Å². The fraction of sp³-hybridized carbons (Fsp3) is 0.391. The molecule has 1 amide bonds. The lowest BCUT2D eigenvalue weighted by atomic mass is 10.2. The number of sulfonamides is 1. The first-order chi connectivity index (χ1) is 15.2. The number of aryl methyl sites for hydroxylation is 2. The molecule has 32 heavy (non-hydrogen) atoms. The first-order valence-electron chi connectivity index (χ1n) is 10.6. The van der Waals surface area contributed by atoms with Crippen LogP contribution in [0.3, 0.4) is 0 Å². The molecule has 1 aliphatic heterocycles. The van der Waals surface area contributed by atoms with Crippen molar-refractivity contribution >= 4 is 37.5 Å². The predicted octanol–water partition coefficient (Wildman–Crippen LogP) is 3.57. The van der Waals surface area contributed by atoms with Gasteiger partial charge in [-0.2, -0.15) is 9.30 Å². The van der Waals surface area contributed by atoms with Crippen molar-refractivity contribution in [3.05, 3.63) is 58.4 Å². The zero-order valence-electron chi connectivity index (χ0n) is 18.6. The number of thiazole rings is 1. The summed E-state index contributed by atoms with van der Waals surface area (Å²) in [4.78, 5) is 18.0. The summed E-state index contributed by atoms with van der Waals surface area (Å²) in [6.45, 7) is 9.09. The highest BCUT2D eigenvalue weighted by Gasteiger charge is 2.32. The van der Waals surface area contributed by atoms with Gasteiger partial charge in [0.15, 0.2) is 4.80 Å². The third-order valence-corrected chi connectivity index (χ3v) is 8.36. The molecule has 1 saturated heterocycles. The van der Waals surface area contributed by atoms with Crippen LogP contribution >= 0.6 is 11.3 Å². The first-order valence-corrected chi connectivity index (χ1v) is 12.9. The maximum Gasteiger partial charge on any atom is 0.279 e. The second-order valence-electron chi connectivity index (χ2n) is 8.12. The van der Waals surface area contributed by atoms with Gasteiger partial charge in [-0.3, -0.25) is 4.79 Å². The molecule has 1 fully saturated rings. The monoisotopic (exact) mass is 473 g/mol. The van der Waals surface area contributed by atoms with E-state index in [4.69, 9.17) is 4.74 Å². The highest BCUT2D eigenvalue weighted by molar-refractivity contribution is 7.89. The number of carbonyl (C=O) groups is 1. The Labute approximate surface area is 192 Å². The summed E-state index contributed by atoms with van der Waals surface area (Å²) in [6.07, 6.45) is -0.327. The minimum absolute atomic E-state index is 0.163. The summed E-state index contributed by atoms with van der Waals surface area (Å²) in [5.41, 5.74) is 2.55. The molecule has 0 bridgehead atoms. The number of aromatic nitrogens is 1. The van der Waals surface area contributed by atoms with Crippen LogP contribution in [-0.2, 0) is 21.3 Å². The molecule has 1 aromatic heterocycles. The SMILES string of the molecule is CCn1c(=NC(=O)c2ccc(S(=O)(=O)N3C[C@@H](C)O[C@@H](C)C3)cc2)sc2cc(C)ccc21. The molecule has 2 heterocycles. The van der Waals surface area contributed by atoms with Gasteiger partial charge < -0.3 is 9.30 Å². The fourth-order valence-corrected chi connectivity index (χ4v) is 6.75. The van der Waals surface area contributed by atoms with Gasteiger partial charge in [0.2, 0.25) is 10.0 Å². The van der Waals surface area contributed by atoms with Gasteiger partial charge in [0.1, 0.15) is 0 Å². The van der Waals surface area contributed by atoms with Crippen molar-refractivity contribution in [2.75, 3.05) is 13.1 Å². The Kier molecular flexibility index (Phi) is 6.35. The standard InChI is InChI=1S/C23H27N3O4S2/c1-5-26-20-11-6-15(2)12-21(20)31-23(26)24-22(27)18-7-9-19(10-8-18)32(28,29)25-13-16(3)30-17(4)14-25/h6-12,16-17H,5,13-14H2,1-4H3/t16-,17+. The number of hydrogen-bond acceptors (Lipinski definition) is 5. The van der Waals surface area contributed by atoms with E-state index in [9.17, 15) is 13.2 Å². The number of hydrogen-bond donors (Lipinski definition) is 0. The van der Waals surface area contributed by atoms with Gasteiger partial charge in [-0.15, -0.1) is 0 Å². The van der Waals surface area contributed by atoms with Gasteiger partial charge in [-0.1, -0.05) is 17.4 Å². The van der Waals surface area contributed by atoms with E-state index < -0.39 is 15.9 Å². The molecule has 0 aliphatic carbocycles. The maximum absolute atomic E-state index is 13.0. The Morgan fingerprint density at radius 2 is 1.78 bits per heavy atom. The van der Waals surface area contributed by atoms with Crippen molar-refractivity contribution in [2.24, 2.45) is 4.99 Å². The Hall–Kier alpha value is -2.33. The van der Waals surface area contributed by atoms with E-state index in [-0.39, 0.29) is 17.1 Å². The number of nitrogens with zero attached hydrogens (tertiary/aromatic N) is 3. The summed E-state index contributed by atoms with van der Waals surface area (Å²) in [5, 5.41) is 0. The van der Waals surface area contributed by atoms with Crippen LogP contribution in [-0.4, -0.2) is 48.5 Å². The Morgan fingerprint density at radius 3 is 2.41 bits per heavy atom. The molecule has 0 saturated carbocycles. The van der Waals surface area contributed by atoms with Crippen LogP contribution in [0.2, 0.25) is 0 Å². The lowest BCUT2D eigenvalue weighted by molar-refractivity contribution is -0.0440. The largest absolute Gasteiger partial charge is 0.373 e. The molecule has 0 unspecified atom stereocenters. The number of rotatable bonds is 4. The Balaban J connectivity index is 1.62. The van der Waals surface area contributed by atoms with E-state index in [0.717, 1.165) is 15.8 Å². The number of amides is 1. The van der Waals surface area contributed by atoms with Crippen molar-refractivity contribution in [2.45, 2.75) is 51.3 Å². The van der Waals surface area contributed by atoms with Crippen LogP contribution in [0.1, 0.15) is 36.7 Å². The third-order valence-electron chi connectivity index (χ3n) is 5.48. The number of carbonyl (C=O) groups excluding carboxylic acids is 1. The summed E-state index contributed by atoms with van der Waals surface area (Å²) >= 11 is 1.47. The quantitative estimate of drug-likeness (QED) is 0.580. The van der Waals surface area contributed by atoms with Gasteiger partial charge in [-0.05, 0) is 69.7 Å². The minimum atomic E-state index is -3.65. The second kappa shape index (κ2) is 8.90. The number of ether oxygens (including phenoxy) is 1. The fourth-order valence-electron chi connectivity index (χ4n) is 3.97. The van der Waals surface area contributed by atoms with Gasteiger partial charge in [-0.25, -0.2) is 8.42 Å². The minimum Gasteiger partial charge on any atom is -0.373 e. The van der Waals surface area contributed by atoms with E-state index in [1.807, 2.05) is 44.4 Å². The summed E-state index contributed by atoms with van der Waals surface area (Å²) in [7, 11) is -3.65. The Morgan fingerprint density at radius 1 is 1.12 bits per heavy atom. The maximum atomic E-state index is 13.0. The zero-order chi connectivity index (χ0) is 23.0. The lowest BCUT2D eigenvalue weighted by Gasteiger charge is -2.34. The van der Waals surface area contributed by atoms with Gasteiger partial charge in [0.25, 0.3) is 5.91 Å². The highest BCUT2D eigenvalue weighted by Crippen LogP contribution is 2.22. The summed E-state index contributed by atoms with van der Waals surface area (Å²) < 4.78 is 36.2. The van der Waals surface area contributed by atoms with Crippen LogP contribution in [0.25, 0.3) is 10.2 Å². The molecule has 2 aromatic carbocycles. The average Bonchev–Trinajstić information content (AvgIpc) is 3.08. The molecule has 9 heteroatoms. The van der Waals surface area contributed by atoms with E-state index in [1.54, 1.807) is 0 Å². The molecular formula is C23H27N3O4S2. The van der Waals surface area contributed by atoms with Crippen LogP contribution < -0.4 is 4.80 Å². The molecule has 1 aliphatic rings. The van der Waals surface area contributed by atoms with Crippen molar-refractivity contribution in [1.29, 1.82) is 0 Å². The molecular weight excluding hydrogens is 446 g/mol. The van der Waals surface area contributed by atoms with E-state index in [1.165, 1.54) is 39.9 Å². The van der Waals surface area contributed by atoms with Crippen molar-refractivity contribution in [3.63, 3.8) is 0 Å². The van der Waals surface area contributed by atoms with Crippen molar-refractivity contribution in [3.8, 4) is 0 Å².